The van der Waals surface area contributed by atoms with Crippen molar-refractivity contribution in [2.24, 2.45) is 5.73 Å². The van der Waals surface area contributed by atoms with Crippen molar-refractivity contribution in [1.82, 2.24) is 4.98 Å². The van der Waals surface area contributed by atoms with E-state index in [9.17, 15) is 5.11 Å². The highest BCUT2D eigenvalue weighted by atomic mass is 16.4. The van der Waals surface area contributed by atoms with Crippen LogP contribution >= 0.6 is 0 Å². The summed E-state index contributed by atoms with van der Waals surface area (Å²) in [6.07, 6.45) is 0.139. The number of nitrogens with zero attached hydrogens (tertiary/aromatic N) is 1. The fourth-order valence-corrected chi connectivity index (χ4v) is 1.45. The Kier molecular flexibility index (Phi) is 2.70. The molecule has 0 saturated heterocycles. The largest absolute Gasteiger partial charge is 0.438 e. The number of oxazole rings is 1. The van der Waals surface area contributed by atoms with Crippen LogP contribution in [0.2, 0.25) is 0 Å². The van der Waals surface area contributed by atoms with Crippen LogP contribution in [0.4, 0.5) is 0 Å². The molecule has 0 aliphatic carbocycles. The Bertz CT molecular complexity index is 465. The molecule has 0 spiro atoms. The number of hydrogen-bond acceptors (Lipinski definition) is 4. The first kappa shape index (κ1) is 10.1. The molecule has 80 valence electrons. The van der Waals surface area contributed by atoms with Gasteiger partial charge < -0.3 is 15.3 Å². The van der Waals surface area contributed by atoms with Gasteiger partial charge in [-0.3, -0.25) is 0 Å². The van der Waals surface area contributed by atoms with Gasteiger partial charge in [-0.05, 0) is 24.1 Å². The molecule has 2 aromatic rings. The molecule has 2 rings (SSSR count). The predicted molar refractivity (Wildman–Crippen MR) is 57.4 cm³/mol. The third-order valence-corrected chi connectivity index (χ3v) is 2.39. The van der Waals surface area contributed by atoms with Gasteiger partial charge in [-0.1, -0.05) is 13.0 Å². The van der Waals surface area contributed by atoms with Gasteiger partial charge in [0.1, 0.15) is 11.6 Å². The number of aliphatic hydroxyl groups excluding tert-OH is 1. The smallest absolute Gasteiger partial charge is 0.225 e. The number of aryl methyl sites for hydroxylation is 1. The molecule has 1 aromatic carbocycles. The normalized spacial score (nSPS) is 13.3. The summed E-state index contributed by atoms with van der Waals surface area (Å²) in [4.78, 5) is 4.20. The van der Waals surface area contributed by atoms with Crippen molar-refractivity contribution in [3.8, 4) is 0 Å². The summed E-state index contributed by atoms with van der Waals surface area (Å²) >= 11 is 0. The van der Waals surface area contributed by atoms with Crippen LogP contribution < -0.4 is 5.73 Å². The molecule has 3 N–H and O–H groups in total. The number of rotatable bonds is 3. The van der Waals surface area contributed by atoms with Crippen LogP contribution in [-0.4, -0.2) is 16.6 Å². The van der Waals surface area contributed by atoms with Gasteiger partial charge in [0.2, 0.25) is 5.89 Å². The van der Waals surface area contributed by atoms with E-state index in [-0.39, 0.29) is 6.54 Å². The van der Waals surface area contributed by atoms with Crippen molar-refractivity contribution in [3.05, 3.63) is 29.7 Å². The minimum atomic E-state index is -0.817. The first-order valence-electron chi connectivity index (χ1n) is 5.02. The average Bonchev–Trinajstić information content (AvgIpc) is 2.70. The van der Waals surface area contributed by atoms with Crippen LogP contribution in [0.1, 0.15) is 24.5 Å². The maximum Gasteiger partial charge on any atom is 0.225 e. The number of fused-ring (bicyclic) bond motifs is 1. The Morgan fingerprint density at radius 3 is 3.00 bits per heavy atom. The molecule has 1 atom stereocenters. The lowest BCUT2D eigenvalue weighted by atomic mass is 10.1. The first-order chi connectivity index (χ1) is 7.24. The predicted octanol–water partition coefficient (Wildman–Crippen LogP) is 1.38. The van der Waals surface area contributed by atoms with Crippen molar-refractivity contribution in [1.29, 1.82) is 0 Å². The fraction of sp³-hybridized carbons (Fsp3) is 0.364. The molecular formula is C11H14N2O2. The van der Waals surface area contributed by atoms with Gasteiger partial charge in [0.05, 0.1) is 0 Å². The Morgan fingerprint density at radius 1 is 1.53 bits per heavy atom. The highest BCUT2D eigenvalue weighted by molar-refractivity contribution is 5.73. The lowest BCUT2D eigenvalue weighted by Gasteiger charge is -1.99. The van der Waals surface area contributed by atoms with Crippen LogP contribution in [0.25, 0.3) is 11.1 Å². The summed E-state index contributed by atoms with van der Waals surface area (Å²) in [7, 11) is 0. The van der Waals surface area contributed by atoms with Gasteiger partial charge in [0.25, 0.3) is 0 Å². The van der Waals surface area contributed by atoms with Gasteiger partial charge in [-0.25, -0.2) is 4.98 Å². The van der Waals surface area contributed by atoms with Crippen LogP contribution in [0.15, 0.2) is 22.6 Å². The van der Waals surface area contributed by atoms with Crippen molar-refractivity contribution in [2.75, 3.05) is 6.54 Å². The lowest BCUT2D eigenvalue weighted by molar-refractivity contribution is 0.154. The second kappa shape index (κ2) is 4.00. The summed E-state index contributed by atoms with van der Waals surface area (Å²) < 4.78 is 5.38. The van der Waals surface area contributed by atoms with Gasteiger partial charge >= 0.3 is 0 Å². The SMILES string of the molecule is CCc1ccc2oc(C(O)CN)nc2c1. The second-order valence-corrected chi connectivity index (χ2v) is 3.46. The van der Waals surface area contributed by atoms with Gasteiger partial charge in [-0.15, -0.1) is 0 Å². The standard InChI is InChI=1S/C11H14N2O2/c1-2-7-3-4-10-8(5-7)13-11(15-10)9(14)6-12/h3-5,9,14H,2,6,12H2,1H3. The highest BCUT2D eigenvalue weighted by Gasteiger charge is 2.13. The molecule has 0 bridgehead atoms. The fourth-order valence-electron chi connectivity index (χ4n) is 1.45. The number of benzene rings is 1. The van der Waals surface area contributed by atoms with Crippen LogP contribution in [-0.2, 0) is 6.42 Å². The summed E-state index contributed by atoms with van der Waals surface area (Å²) in [6, 6.07) is 5.82. The van der Waals surface area contributed by atoms with E-state index in [1.54, 1.807) is 0 Å². The average molecular weight is 206 g/mol. The molecule has 4 nitrogen and oxygen atoms in total. The molecule has 0 saturated carbocycles. The zero-order valence-electron chi connectivity index (χ0n) is 8.60. The molecule has 1 aromatic heterocycles. The monoisotopic (exact) mass is 206 g/mol. The number of hydrogen-bond donors (Lipinski definition) is 2. The number of aromatic nitrogens is 1. The number of nitrogens with two attached hydrogens (primary N) is 1. The summed E-state index contributed by atoms with van der Waals surface area (Å²) in [5, 5.41) is 9.48. The molecule has 0 fully saturated rings. The van der Waals surface area contributed by atoms with Crippen molar-refractivity contribution in [3.63, 3.8) is 0 Å². The van der Waals surface area contributed by atoms with E-state index in [4.69, 9.17) is 10.2 Å². The Hall–Kier alpha value is -1.39. The van der Waals surface area contributed by atoms with Crippen LogP contribution in [0, 0.1) is 0 Å². The maximum absolute atomic E-state index is 9.48. The molecule has 0 aliphatic rings. The zero-order chi connectivity index (χ0) is 10.8. The minimum absolute atomic E-state index is 0.119. The minimum Gasteiger partial charge on any atom is -0.438 e. The number of aliphatic hydroxyl groups is 1. The maximum atomic E-state index is 9.48. The van der Waals surface area contributed by atoms with E-state index in [2.05, 4.69) is 11.9 Å². The molecule has 0 radical (unpaired) electrons. The van der Waals surface area contributed by atoms with E-state index in [1.165, 1.54) is 5.56 Å². The highest BCUT2D eigenvalue weighted by Crippen LogP contribution is 2.20. The Labute approximate surface area is 87.7 Å². The summed E-state index contributed by atoms with van der Waals surface area (Å²) in [6.45, 7) is 2.20. The molecule has 1 heterocycles. The third-order valence-electron chi connectivity index (χ3n) is 2.39. The Morgan fingerprint density at radius 2 is 2.33 bits per heavy atom. The molecule has 15 heavy (non-hydrogen) atoms. The van der Waals surface area contributed by atoms with E-state index in [0.717, 1.165) is 11.9 Å². The first-order valence-corrected chi connectivity index (χ1v) is 5.02. The Balaban J connectivity index is 2.46. The van der Waals surface area contributed by atoms with Crippen molar-refractivity contribution >= 4 is 11.1 Å². The van der Waals surface area contributed by atoms with Crippen LogP contribution in [0.5, 0.6) is 0 Å². The van der Waals surface area contributed by atoms with E-state index in [1.807, 2.05) is 18.2 Å². The van der Waals surface area contributed by atoms with Crippen molar-refractivity contribution in [2.45, 2.75) is 19.4 Å². The van der Waals surface area contributed by atoms with E-state index < -0.39 is 6.10 Å². The molecule has 1 unspecified atom stereocenters. The zero-order valence-corrected chi connectivity index (χ0v) is 8.60. The van der Waals surface area contributed by atoms with Gasteiger partial charge in [0, 0.05) is 6.54 Å². The lowest BCUT2D eigenvalue weighted by Crippen LogP contribution is -2.11. The topological polar surface area (TPSA) is 72.3 Å². The quantitative estimate of drug-likeness (QED) is 0.795. The summed E-state index contributed by atoms with van der Waals surface area (Å²) in [5.74, 6) is 0.292. The summed E-state index contributed by atoms with van der Waals surface area (Å²) in [5.41, 5.74) is 8.00. The van der Waals surface area contributed by atoms with Gasteiger partial charge in [0.15, 0.2) is 5.58 Å². The van der Waals surface area contributed by atoms with E-state index >= 15 is 0 Å². The second-order valence-electron chi connectivity index (χ2n) is 3.46. The van der Waals surface area contributed by atoms with E-state index in [0.29, 0.717) is 11.5 Å². The van der Waals surface area contributed by atoms with Crippen LogP contribution in [0.3, 0.4) is 0 Å². The van der Waals surface area contributed by atoms with Gasteiger partial charge in [-0.2, -0.15) is 0 Å². The molecule has 4 heteroatoms. The third kappa shape index (κ3) is 1.86. The molecular weight excluding hydrogens is 192 g/mol. The van der Waals surface area contributed by atoms with Crippen molar-refractivity contribution < 1.29 is 9.52 Å². The molecule has 0 aliphatic heterocycles. The molecule has 0 amide bonds.